The molecule has 1 aliphatic rings. The number of aryl methyl sites for hydroxylation is 1. The highest BCUT2D eigenvalue weighted by atomic mass is 16.5. The minimum Gasteiger partial charge on any atom is -0.378 e. The van der Waals surface area contributed by atoms with E-state index in [9.17, 15) is 9.59 Å². The topological polar surface area (TPSA) is 53.1 Å². The number of amides is 2. The van der Waals surface area contributed by atoms with Crippen LogP contribution >= 0.6 is 0 Å². The van der Waals surface area contributed by atoms with Gasteiger partial charge in [0.1, 0.15) is 0 Å². The van der Waals surface area contributed by atoms with Gasteiger partial charge in [0, 0.05) is 26.7 Å². The normalized spacial score (nSPS) is 14.8. The Morgan fingerprint density at radius 1 is 1.12 bits per heavy atom. The monoisotopic (exact) mass is 333 g/mol. The molecule has 1 aromatic carbocycles. The van der Waals surface area contributed by atoms with Crippen molar-refractivity contribution in [1.82, 2.24) is 14.7 Å². The van der Waals surface area contributed by atoms with Crippen LogP contribution in [0.4, 0.5) is 0 Å². The molecule has 132 valence electrons. The Kier molecular flexibility index (Phi) is 6.75. The van der Waals surface area contributed by atoms with Crippen molar-refractivity contribution in [2.75, 3.05) is 53.5 Å². The van der Waals surface area contributed by atoms with Crippen LogP contribution in [0.25, 0.3) is 0 Å². The van der Waals surface area contributed by atoms with Gasteiger partial charge in [0.2, 0.25) is 11.8 Å². The van der Waals surface area contributed by atoms with E-state index in [0.717, 1.165) is 5.56 Å². The molecule has 0 aromatic heterocycles. The van der Waals surface area contributed by atoms with Crippen molar-refractivity contribution in [2.45, 2.75) is 13.5 Å². The summed E-state index contributed by atoms with van der Waals surface area (Å²) in [5.41, 5.74) is 2.31. The molecule has 0 aliphatic carbocycles. The van der Waals surface area contributed by atoms with E-state index in [4.69, 9.17) is 4.74 Å². The largest absolute Gasteiger partial charge is 0.378 e. The van der Waals surface area contributed by atoms with Crippen LogP contribution in [0.1, 0.15) is 11.1 Å². The number of likely N-dealkylation sites (N-methyl/N-ethyl adjacent to an activating group) is 2. The zero-order valence-electron chi connectivity index (χ0n) is 14.8. The van der Waals surface area contributed by atoms with Crippen LogP contribution in [0.5, 0.6) is 0 Å². The molecule has 0 spiro atoms. The maximum atomic E-state index is 12.4. The minimum atomic E-state index is 0.00975. The van der Waals surface area contributed by atoms with E-state index in [1.165, 1.54) is 5.56 Å². The number of carbonyl (C=O) groups excluding carboxylic acids is 2. The molecule has 1 heterocycles. The molecule has 24 heavy (non-hydrogen) atoms. The number of hydrogen-bond acceptors (Lipinski definition) is 4. The van der Waals surface area contributed by atoms with Crippen LogP contribution in [-0.2, 0) is 20.9 Å². The van der Waals surface area contributed by atoms with Crippen LogP contribution in [0.15, 0.2) is 24.3 Å². The van der Waals surface area contributed by atoms with Crippen molar-refractivity contribution in [3.63, 3.8) is 0 Å². The van der Waals surface area contributed by atoms with E-state index in [2.05, 4.69) is 0 Å². The molecule has 1 aliphatic heterocycles. The summed E-state index contributed by atoms with van der Waals surface area (Å²) in [5, 5.41) is 0. The second-order valence-electron chi connectivity index (χ2n) is 6.34. The lowest BCUT2D eigenvalue weighted by atomic mass is 10.1. The van der Waals surface area contributed by atoms with Crippen LogP contribution in [0.3, 0.4) is 0 Å². The fraction of sp³-hybridized carbons (Fsp3) is 0.556. The quantitative estimate of drug-likeness (QED) is 0.771. The number of carbonyl (C=O) groups is 2. The lowest BCUT2D eigenvalue weighted by Crippen LogP contribution is -2.46. The Hall–Kier alpha value is -1.92. The molecule has 2 amide bonds. The molecule has 0 N–H and O–H groups in total. The summed E-state index contributed by atoms with van der Waals surface area (Å²) < 4.78 is 5.25. The molecule has 0 unspecified atom stereocenters. The fourth-order valence-corrected chi connectivity index (χ4v) is 2.68. The van der Waals surface area contributed by atoms with Gasteiger partial charge in [-0.2, -0.15) is 0 Å². The van der Waals surface area contributed by atoms with Crippen LogP contribution in [0, 0.1) is 6.92 Å². The SMILES string of the molecule is Cc1ccccc1CN(C)C(=O)CN(C)CC(=O)N1CCOCC1. The Bertz CT molecular complexity index is 570. The molecule has 0 saturated carbocycles. The van der Waals surface area contributed by atoms with Gasteiger partial charge in [0.05, 0.1) is 26.3 Å². The van der Waals surface area contributed by atoms with Crippen molar-refractivity contribution in [3.05, 3.63) is 35.4 Å². The van der Waals surface area contributed by atoms with E-state index in [0.29, 0.717) is 32.8 Å². The van der Waals surface area contributed by atoms with Gasteiger partial charge in [-0.25, -0.2) is 0 Å². The first kappa shape index (κ1) is 18.4. The van der Waals surface area contributed by atoms with Crippen molar-refractivity contribution < 1.29 is 14.3 Å². The van der Waals surface area contributed by atoms with E-state index in [1.54, 1.807) is 28.8 Å². The molecular formula is C18H27N3O3. The first-order chi connectivity index (χ1) is 11.5. The van der Waals surface area contributed by atoms with Crippen molar-refractivity contribution in [2.24, 2.45) is 0 Å². The molecule has 1 fully saturated rings. The summed E-state index contributed by atoms with van der Waals surface area (Å²) in [7, 11) is 3.60. The highest BCUT2D eigenvalue weighted by molar-refractivity contribution is 5.81. The average Bonchev–Trinajstić information content (AvgIpc) is 2.57. The van der Waals surface area contributed by atoms with Gasteiger partial charge in [0.25, 0.3) is 0 Å². The maximum absolute atomic E-state index is 12.4. The maximum Gasteiger partial charge on any atom is 0.236 e. The Morgan fingerprint density at radius 2 is 1.79 bits per heavy atom. The smallest absolute Gasteiger partial charge is 0.236 e. The van der Waals surface area contributed by atoms with Gasteiger partial charge in [-0.15, -0.1) is 0 Å². The highest BCUT2D eigenvalue weighted by Gasteiger charge is 2.20. The summed E-state index contributed by atoms with van der Waals surface area (Å²) >= 11 is 0. The van der Waals surface area contributed by atoms with Gasteiger partial charge >= 0.3 is 0 Å². The molecule has 0 radical (unpaired) electrons. The van der Waals surface area contributed by atoms with Gasteiger partial charge in [-0.3, -0.25) is 14.5 Å². The summed E-state index contributed by atoms with van der Waals surface area (Å²) in [6, 6.07) is 8.05. The second kappa shape index (κ2) is 8.80. The molecule has 6 nitrogen and oxygen atoms in total. The van der Waals surface area contributed by atoms with Gasteiger partial charge < -0.3 is 14.5 Å². The third kappa shape index (κ3) is 5.32. The third-order valence-corrected chi connectivity index (χ3v) is 4.27. The van der Waals surface area contributed by atoms with E-state index in [-0.39, 0.29) is 24.9 Å². The summed E-state index contributed by atoms with van der Waals surface area (Å²) in [4.78, 5) is 29.8. The third-order valence-electron chi connectivity index (χ3n) is 4.27. The van der Waals surface area contributed by atoms with E-state index >= 15 is 0 Å². The lowest BCUT2D eigenvalue weighted by molar-refractivity contribution is -0.137. The van der Waals surface area contributed by atoms with Crippen molar-refractivity contribution in [1.29, 1.82) is 0 Å². The number of hydrogen-bond donors (Lipinski definition) is 0. The number of rotatable bonds is 6. The van der Waals surface area contributed by atoms with Gasteiger partial charge in [0.15, 0.2) is 0 Å². The fourth-order valence-electron chi connectivity index (χ4n) is 2.68. The summed E-state index contributed by atoms with van der Waals surface area (Å²) in [5.74, 6) is 0.0608. The molecule has 2 rings (SSSR count). The zero-order chi connectivity index (χ0) is 17.5. The Balaban J connectivity index is 1.80. The molecule has 1 aromatic rings. The summed E-state index contributed by atoms with van der Waals surface area (Å²) in [6.45, 7) is 5.56. The molecule has 0 bridgehead atoms. The van der Waals surface area contributed by atoms with Gasteiger partial charge in [-0.1, -0.05) is 24.3 Å². The molecule has 1 saturated heterocycles. The highest BCUT2D eigenvalue weighted by Crippen LogP contribution is 2.09. The predicted molar refractivity (Wildman–Crippen MR) is 92.5 cm³/mol. The number of morpholine rings is 1. The lowest BCUT2D eigenvalue weighted by Gasteiger charge is -2.29. The number of benzene rings is 1. The van der Waals surface area contributed by atoms with Crippen molar-refractivity contribution in [3.8, 4) is 0 Å². The minimum absolute atomic E-state index is 0.00975. The molecular weight excluding hydrogens is 306 g/mol. The van der Waals surface area contributed by atoms with Crippen LogP contribution < -0.4 is 0 Å². The first-order valence-corrected chi connectivity index (χ1v) is 8.30. The first-order valence-electron chi connectivity index (χ1n) is 8.30. The average molecular weight is 333 g/mol. The number of ether oxygens (including phenoxy) is 1. The predicted octanol–water partition coefficient (Wildman–Crippen LogP) is 0.744. The molecule has 6 heteroatoms. The Labute approximate surface area is 144 Å². The van der Waals surface area contributed by atoms with Gasteiger partial charge in [-0.05, 0) is 25.1 Å². The van der Waals surface area contributed by atoms with E-state index < -0.39 is 0 Å². The summed E-state index contributed by atoms with van der Waals surface area (Å²) in [6.07, 6.45) is 0. The Morgan fingerprint density at radius 3 is 2.46 bits per heavy atom. The number of nitrogens with zero attached hydrogens (tertiary/aromatic N) is 3. The zero-order valence-corrected chi connectivity index (χ0v) is 14.8. The van der Waals surface area contributed by atoms with E-state index in [1.807, 2.05) is 31.2 Å². The van der Waals surface area contributed by atoms with Crippen LogP contribution in [-0.4, -0.2) is 80.0 Å². The van der Waals surface area contributed by atoms with Crippen molar-refractivity contribution >= 4 is 11.8 Å². The second-order valence-corrected chi connectivity index (χ2v) is 6.34. The standard InChI is InChI=1S/C18H27N3O3/c1-15-6-4-5-7-16(15)12-20(3)17(22)13-19(2)14-18(23)21-8-10-24-11-9-21/h4-7H,8-14H2,1-3H3. The van der Waals surface area contributed by atoms with Crippen LogP contribution in [0.2, 0.25) is 0 Å². The molecule has 0 atom stereocenters.